The average Bonchev–Trinajstić information content (AvgIpc) is 2.86. The Bertz CT molecular complexity index is 457. The summed E-state index contributed by atoms with van der Waals surface area (Å²) in [4.78, 5) is 18.1. The predicted molar refractivity (Wildman–Crippen MR) is 85.8 cm³/mol. The van der Waals surface area contributed by atoms with E-state index in [9.17, 15) is 4.79 Å². The molecule has 22 heavy (non-hydrogen) atoms. The number of carbonyl (C=O) groups excluding carboxylic acids is 1. The van der Waals surface area contributed by atoms with Gasteiger partial charge in [-0.2, -0.15) is 4.98 Å². The van der Waals surface area contributed by atoms with E-state index in [1.54, 1.807) is 0 Å². The smallest absolute Gasteiger partial charge is 0.324 e. The van der Waals surface area contributed by atoms with E-state index in [1.807, 2.05) is 41.5 Å². The molecule has 0 unspecified atom stereocenters. The fraction of sp³-hybridized carbons (Fsp3) is 0.812. The summed E-state index contributed by atoms with van der Waals surface area (Å²) in [5, 5.41) is 3.80. The summed E-state index contributed by atoms with van der Waals surface area (Å²) in [6.45, 7) is 13.2. The first-order valence-electron chi connectivity index (χ1n) is 8.10. The van der Waals surface area contributed by atoms with Crippen molar-refractivity contribution in [1.82, 2.24) is 10.1 Å². The summed E-state index contributed by atoms with van der Waals surface area (Å²) in [5.41, 5.74) is -0.404. The second-order valence-electron chi connectivity index (χ2n) is 6.35. The molecule has 0 bridgehead atoms. The van der Waals surface area contributed by atoms with E-state index in [2.05, 4.69) is 15.0 Å². The molecule has 1 aliphatic heterocycles. The first kappa shape index (κ1) is 18.5. The number of nitrogens with zero attached hydrogens (tertiary/aromatic N) is 3. The third kappa shape index (κ3) is 6.03. The van der Waals surface area contributed by atoms with Crippen molar-refractivity contribution in [3.63, 3.8) is 0 Å². The third-order valence-electron chi connectivity index (χ3n) is 3.28. The number of aromatic nitrogens is 2. The van der Waals surface area contributed by atoms with Crippen LogP contribution in [0.15, 0.2) is 4.52 Å². The summed E-state index contributed by atoms with van der Waals surface area (Å²) in [6.07, 6.45) is 2.38. The Morgan fingerprint density at radius 2 is 1.91 bits per heavy atom. The maximum absolute atomic E-state index is 11.8. The molecule has 6 heteroatoms. The number of esters is 1. The molecule has 6 nitrogen and oxygen atoms in total. The van der Waals surface area contributed by atoms with Gasteiger partial charge in [-0.25, -0.2) is 0 Å². The van der Waals surface area contributed by atoms with Gasteiger partial charge in [-0.3, -0.25) is 4.79 Å². The van der Waals surface area contributed by atoms with Crippen molar-refractivity contribution in [2.24, 2.45) is 5.92 Å². The molecule has 1 aromatic heterocycles. The van der Waals surface area contributed by atoms with E-state index in [4.69, 9.17) is 9.26 Å². The van der Waals surface area contributed by atoms with Crippen LogP contribution in [-0.2, 0) is 9.53 Å². The van der Waals surface area contributed by atoms with Crippen molar-refractivity contribution in [1.29, 1.82) is 0 Å². The lowest BCUT2D eigenvalue weighted by Gasteiger charge is -2.30. The molecular weight excluding hydrogens is 282 g/mol. The van der Waals surface area contributed by atoms with Crippen molar-refractivity contribution < 1.29 is 14.1 Å². The second kappa shape index (κ2) is 8.15. The van der Waals surface area contributed by atoms with E-state index in [0.717, 1.165) is 25.9 Å². The summed E-state index contributed by atoms with van der Waals surface area (Å²) in [7, 11) is 0. The van der Waals surface area contributed by atoms with Gasteiger partial charge in [0.05, 0.1) is 0 Å². The van der Waals surface area contributed by atoms with Crippen LogP contribution in [0, 0.1) is 12.8 Å². The molecule has 126 valence electrons. The van der Waals surface area contributed by atoms with Gasteiger partial charge < -0.3 is 14.2 Å². The quantitative estimate of drug-likeness (QED) is 0.797. The lowest BCUT2D eigenvalue weighted by atomic mass is 9.94. The van der Waals surface area contributed by atoms with Gasteiger partial charge in [0.25, 0.3) is 0 Å². The van der Waals surface area contributed by atoms with E-state index in [-0.39, 0.29) is 5.97 Å². The zero-order valence-corrected chi connectivity index (χ0v) is 14.7. The number of hydrogen-bond donors (Lipinski definition) is 0. The van der Waals surface area contributed by atoms with Crippen molar-refractivity contribution >= 4 is 12.0 Å². The van der Waals surface area contributed by atoms with Crippen LogP contribution in [-0.4, -0.2) is 34.8 Å². The first-order chi connectivity index (χ1) is 10.3. The Hall–Kier alpha value is -1.59. The topological polar surface area (TPSA) is 68.5 Å². The lowest BCUT2D eigenvalue weighted by molar-refractivity contribution is -0.156. The summed E-state index contributed by atoms with van der Waals surface area (Å²) in [6, 6.07) is 0.582. The molecule has 2 heterocycles. The second-order valence-corrected chi connectivity index (χ2v) is 6.35. The summed E-state index contributed by atoms with van der Waals surface area (Å²) in [5.74, 6) is 0.922. The van der Waals surface area contributed by atoms with Crippen LogP contribution >= 0.6 is 0 Å². The van der Waals surface area contributed by atoms with Crippen molar-refractivity contribution in [3.8, 4) is 0 Å². The van der Waals surface area contributed by atoms with Gasteiger partial charge in [-0.05, 0) is 46.5 Å². The van der Waals surface area contributed by atoms with Crippen LogP contribution < -0.4 is 4.90 Å². The van der Waals surface area contributed by atoms with Crippen molar-refractivity contribution in [3.05, 3.63) is 5.82 Å². The highest BCUT2D eigenvalue weighted by Crippen LogP contribution is 2.25. The molecule has 0 spiro atoms. The number of aryl methyl sites for hydroxylation is 1. The normalized spacial score (nSPS) is 16.0. The zero-order chi connectivity index (χ0) is 16.8. The minimum Gasteiger partial charge on any atom is -0.460 e. The fourth-order valence-electron chi connectivity index (χ4n) is 2.36. The first-order valence-corrected chi connectivity index (χ1v) is 8.10. The number of rotatable bonds is 3. The van der Waals surface area contributed by atoms with Crippen molar-refractivity contribution in [2.45, 2.75) is 66.4 Å². The molecular formula is C16H29N3O3. The molecule has 0 aromatic carbocycles. The van der Waals surface area contributed by atoms with Crippen LogP contribution in [0.4, 0.5) is 6.01 Å². The summed E-state index contributed by atoms with van der Waals surface area (Å²) < 4.78 is 10.5. The molecule has 0 atom stereocenters. The zero-order valence-electron chi connectivity index (χ0n) is 14.7. The number of carbonyl (C=O) groups is 1. The number of anilines is 1. The molecule has 1 aromatic rings. The fourth-order valence-corrected chi connectivity index (χ4v) is 2.36. The van der Waals surface area contributed by atoms with E-state index in [1.165, 1.54) is 0 Å². The maximum Gasteiger partial charge on any atom is 0.324 e. The number of hydrogen-bond acceptors (Lipinski definition) is 6. The van der Waals surface area contributed by atoms with Crippen molar-refractivity contribution in [2.75, 3.05) is 18.0 Å². The van der Waals surface area contributed by atoms with E-state index >= 15 is 0 Å². The molecule has 2 rings (SSSR count). The van der Waals surface area contributed by atoms with Crippen LogP contribution in [0.5, 0.6) is 0 Å². The molecule has 0 saturated carbocycles. The molecule has 1 saturated heterocycles. The Morgan fingerprint density at radius 1 is 1.32 bits per heavy atom. The molecule has 0 N–H and O–H groups in total. The van der Waals surface area contributed by atoms with E-state index < -0.39 is 5.60 Å². The molecule has 1 aliphatic rings. The third-order valence-corrected chi connectivity index (χ3v) is 3.28. The van der Waals surface area contributed by atoms with Crippen LogP contribution in [0.25, 0.3) is 0 Å². The molecule has 0 aliphatic carbocycles. The highest BCUT2D eigenvalue weighted by molar-refractivity contribution is 5.70. The Morgan fingerprint density at radius 3 is 2.36 bits per heavy atom. The van der Waals surface area contributed by atoms with Crippen LogP contribution in [0.3, 0.4) is 0 Å². The largest absolute Gasteiger partial charge is 0.460 e. The Balaban J connectivity index is 0.00000116. The molecule has 1 fully saturated rings. The Labute approximate surface area is 133 Å². The predicted octanol–water partition coefficient (Wildman–Crippen LogP) is 3.35. The van der Waals surface area contributed by atoms with Gasteiger partial charge >= 0.3 is 12.0 Å². The van der Waals surface area contributed by atoms with Gasteiger partial charge in [0.1, 0.15) is 5.60 Å². The van der Waals surface area contributed by atoms with Gasteiger partial charge in [0, 0.05) is 19.5 Å². The SMILES string of the molecule is CC.Cc1noc(N2CCC(CC(=O)OC(C)(C)C)CC2)n1. The minimum absolute atomic E-state index is 0.107. The van der Waals surface area contributed by atoms with E-state index in [0.29, 0.717) is 24.2 Å². The minimum atomic E-state index is -0.404. The van der Waals surface area contributed by atoms with Gasteiger partial charge in [-0.15, -0.1) is 0 Å². The van der Waals surface area contributed by atoms with Crippen LogP contribution in [0.1, 0.15) is 59.7 Å². The molecule has 0 radical (unpaired) electrons. The lowest BCUT2D eigenvalue weighted by Crippen LogP contribution is -2.35. The van der Waals surface area contributed by atoms with Gasteiger partial charge in [-0.1, -0.05) is 19.0 Å². The monoisotopic (exact) mass is 311 g/mol. The average molecular weight is 311 g/mol. The van der Waals surface area contributed by atoms with Crippen LogP contribution in [0.2, 0.25) is 0 Å². The number of ether oxygens (including phenoxy) is 1. The maximum atomic E-state index is 11.8. The Kier molecular flexibility index (Phi) is 6.84. The summed E-state index contributed by atoms with van der Waals surface area (Å²) >= 11 is 0. The highest BCUT2D eigenvalue weighted by atomic mass is 16.6. The highest BCUT2D eigenvalue weighted by Gasteiger charge is 2.26. The molecule has 0 amide bonds. The van der Waals surface area contributed by atoms with Gasteiger partial charge in [0.15, 0.2) is 5.82 Å². The number of piperidine rings is 1. The van der Waals surface area contributed by atoms with Gasteiger partial charge in [0.2, 0.25) is 0 Å². The standard InChI is InChI=1S/C14H23N3O3.C2H6/c1-10-15-13(20-16-10)17-7-5-11(6-8-17)9-12(18)19-14(2,3)4;1-2/h11H,5-9H2,1-4H3;1-2H3.